The molecule has 24 heavy (non-hydrogen) atoms. The van der Waals surface area contributed by atoms with Gasteiger partial charge in [0.2, 0.25) is 0 Å². The Morgan fingerprint density at radius 2 is 1.96 bits per heavy atom. The first-order valence-corrected chi connectivity index (χ1v) is 8.47. The van der Waals surface area contributed by atoms with Crippen LogP contribution in [0.5, 0.6) is 0 Å². The van der Waals surface area contributed by atoms with Gasteiger partial charge in [-0.3, -0.25) is 4.99 Å². The van der Waals surface area contributed by atoms with E-state index < -0.39 is 0 Å². The van der Waals surface area contributed by atoms with Crippen molar-refractivity contribution in [2.75, 3.05) is 45.3 Å². The van der Waals surface area contributed by atoms with Crippen LogP contribution in [0.15, 0.2) is 23.3 Å². The second-order valence-corrected chi connectivity index (χ2v) is 5.77. The number of hydrogen-bond donors (Lipinski definition) is 2. The molecule has 6 nitrogen and oxygen atoms in total. The van der Waals surface area contributed by atoms with E-state index in [-0.39, 0.29) is 24.0 Å². The van der Waals surface area contributed by atoms with E-state index in [9.17, 15) is 0 Å². The minimum Gasteiger partial charge on any atom is -0.383 e. The van der Waals surface area contributed by atoms with Gasteiger partial charge in [-0.1, -0.05) is 18.9 Å². The lowest BCUT2D eigenvalue weighted by Gasteiger charge is -2.21. The van der Waals surface area contributed by atoms with E-state index >= 15 is 0 Å². The highest BCUT2D eigenvalue weighted by molar-refractivity contribution is 14.0. The van der Waals surface area contributed by atoms with Crippen LogP contribution >= 0.6 is 24.0 Å². The molecule has 0 amide bonds. The summed E-state index contributed by atoms with van der Waals surface area (Å²) < 4.78 is 5.02. The Morgan fingerprint density at radius 3 is 2.54 bits per heavy atom. The summed E-state index contributed by atoms with van der Waals surface area (Å²) >= 11 is 0. The molecule has 0 radical (unpaired) electrons. The molecule has 0 unspecified atom stereocenters. The SMILES string of the molecule is CN=C(NCCOC)NCc1ccc(N2CCCCCC2)nc1.I. The third-order valence-electron chi connectivity index (χ3n) is 4.02. The highest BCUT2D eigenvalue weighted by Gasteiger charge is 2.10. The van der Waals surface area contributed by atoms with Gasteiger partial charge < -0.3 is 20.3 Å². The maximum atomic E-state index is 5.02. The fraction of sp³-hybridized carbons (Fsp3) is 0.647. The van der Waals surface area contributed by atoms with Crippen molar-refractivity contribution in [2.24, 2.45) is 4.99 Å². The Bertz CT molecular complexity index is 472. The van der Waals surface area contributed by atoms with Gasteiger partial charge in [0.05, 0.1) is 6.61 Å². The van der Waals surface area contributed by atoms with Crippen molar-refractivity contribution in [2.45, 2.75) is 32.2 Å². The van der Waals surface area contributed by atoms with Gasteiger partial charge in [0, 0.05) is 46.5 Å². The molecule has 0 atom stereocenters. The van der Waals surface area contributed by atoms with E-state index in [0.29, 0.717) is 13.2 Å². The molecule has 7 heteroatoms. The van der Waals surface area contributed by atoms with Crippen molar-refractivity contribution >= 4 is 35.8 Å². The van der Waals surface area contributed by atoms with Crippen LogP contribution in [-0.4, -0.2) is 51.3 Å². The number of aliphatic imine (C=N–C) groups is 1. The molecule has 0 saturated carbocycles. The monoisotopic (exact) mass is 447 g/mol. The van der Waals surface area contributed by atoms with Crippen molar-refractivity contribution in [3.8, 4) is 0 Å². The average Bonchev–Trinajstić information content (AvgIpc) is 2.88. The molecule has 1 aliphatic rings. The topological polar surface area (TPSA) is 61.8 Å². The number of ether oxygens (including phenoxy) is 1. The predicted molar refractivity (Wildman–Crippen MR) is 110 cm³/mol. The van der Waals surface area contributed by atoms with E-state index in [1.165, 1.54) is 25.7 Å². The quantitative estimate of drug-likeness (QED) is 0.304. The van der Waals surface area contributed by atoms with Crippen molar-refractivity contribution in [1.29, 1.82) is 0 Å². The molecular weight excluding hydrogens is 417 g/mol. The number of aromatic nitrogens is 1. The number of pyridine rings is 1. The molecule has 2 heterocycles. The third kappa shape index (κ3) is 7.21. The van der Waals surface area contributed by atoms with E-state index in [1.807, 2.05) is 6.20 Å². The van der Waals surface area contributed by atoms with Crippen molar-refractivity contribution in [3.63, 3.8) is 0 Å². The van der Waals surface area contributed by atoms with Crippen LogP contribution in [0.1, 0.15) is 31.2 Å². The number of halogens is 1. The predicted octanol–water partition coefficient (Wildman–Crippen LogP) is 2.39. The zero-order valence-corrected chi connectivity index (χ0v) is 17.1. The molecule has 1 aromatic rings. The lowest BCUT2D eigenvalue weighted by Crippen LogP contribution is -2.38. The Hall–Kier alpha value is -1.09. The maximum Gasteiger partial charge on any atom is 0.191 e. The van der Waals surface area contributed by atoms with Crippen LogP contribution in [-0.2, 0) is 11.3 Å². The van der Waals surface area contributed by atoms with Gasteiger partial charge in [-0.05, 0) is 24.5 Å². The summed E-state index contributed by atoms with van der Waals surface area (Å²) in [5, 5.41) is 6.48. The van der Waals surface area contributed by atoms with Crippen molar-refractivity contribution < 1.29 is 4.74 Å². The summed E-state index contributed by atoms with van der Waals surface area (Å²) in [6.45, 7) is 4.36. The van der Waals surface area contributed by atoms with E-state index in [0.717, 1.165) is 37.0 Å². The highest BCUT2D eigenvalue weighted by Crippen LogP contribution is 2.17. The molecule has 1 fully saturated rings. The number of guanidine groups is 1. The molecule has 1 aromatic heterocycles. The van der Waals surface area contributed by atoms with Gasteiger partial charge in [-0.15, -0.1) is 24.0 Å². The number of rotatable bonds is 6. The zero-order chi connectivity index (χ0) is 16.3. The van der Waals surface area contributed by atoms with Crippen molar-refractivity contribution in [1.82, 2.24) is 15.6 Å². The molecule has 2 rings (SSSR count). The maximum absolute atomic E-state index is 5.02. The van der Waals surface area contributed by atoms with Crippen LogP contribution in [0, 0.1) is 0 Å². The van der Waals surface area contributed by atoms with Crippen LogP contribution < -0.4 is 15.5 Å². The van der Waals surface area contributed by atoms with Gasteiger partial charge in [-0.2, -0.15) is 0 Å². The summed E-state index contributed by atoms with van der Waals surface area (Å²) in [7, 11) is 3.46. The third-order valence-corrected chi connectivity index (χ3v) is 4.02. The van der Waals surface area contributed by atoms with Crippen LogP contribution in [0.4, 0.5) is 5.82 Å². The molecule has 1 aliphatic heterocycles. The summed E-state index contributed by atoms with van der Waals surface area (Å²) in [5.41, 5.74) is 1.15. The van der Waals surface area contributed by atoms with Crippen LogP contribution in [0.25, 0.3) is 0 Å². The minimum atomic E-state index is 0. The summed E-state index contributed by atoms with van der Waals surface area (Å²) in [6, 6.07) is 4.27. The Balaban J connectivity index is 0.00000288. The van der Waals surface area contributed by atoms with E-state index in [4.69, 9.17) is 4.74 Å². The van der Waals surface area contributed by atoms with Gasteiger partial charge in [0.1, 0.15) is 5.82 Å². The number of anilines is 1. The molecule has 0 aliphatic carbocycles. The standard InChI is InChI=1S/C17H29N5O.HI/c1-18-17(19-9-12-23-2)21-14-15-7-8-16(20-13-15)22-10-5-3-4-6-11-22;/h7-8,13H,3-6,9-12,14H2,1-2H3,(H2,18,19,21);1H. The zero-order valence-electron chi connectivity index (χ0n) is 14.8. The smallest absolute Gasteiger partial charge is 0.191 e. The largest absolute Gasteiger partial charge is 0.383 e. The molecule has 0 aromatic carbocycles. The van der Waals surface area contributed by atoms with Crippen LogP contribution in [0.2, 0.25) is 0 Å². The number of nitrogens with one attached hydrogen (secondary N) is 2. The van der Waals surface area contributed by atoms with Crippen LogP contribution in [0.3, 0.4) is 0 Å². The Morgan fingerprint density at radius 1 is 1.21 bits per heavy atom. The van der Waals surface area contributed by atoms with E-state index in [2.05, 4.69) is 37.6 Å². The molecular formula is C17H30IN5O. The molecule has 136 valence electrons. The first kappa shape index (κ1) is 21.0. The Labute approximate surface area is 162 Å². The molecule has 1 saturated heterocycles. The van der Waals surface area contributed by atoms with Gasteiger partial charge in [0.25, 0.3) is 0 Å². The minimum absolute atomic E-state index is 0. The summed E-state index contributed by atoms with van der Waals surface area (Å²) in [6.07, 6.45) is 7.18. The Kier molecular flexibility index (Phi) is 10.7. The van der Waals surface area contributed by atoms with E-state index in [1.54, 1.807) is 14.2 Å². The van der Waals surface area contributed by atoms with Gasteiger partial charge in [-0.25, -0.2) is 4.98 Å². The number of nitrogens with zero attached hydrogens (tertiary/aromatic N) is 3. The lowest BCUT2D eigenvalue weighted by atomic mass is 10.2. The molecule has 0 bridgehead atoms. The van der Waals surface area contributed by atoms with Gasteiger partial charge >= 0.3 is 0 Å². The van der Waals surface area contributed by atoms with Gasteiger partial charge in [0.15, 0.2) is 5.96 Å². The second kappa shape index (κ2) is 12.3. The first-order valence-electron chi connectivity index (χ1n) is 8.47. The first-order chi connectivity index (χ1) is 11.3. The number of hydrogen-bond acceptors (Lipinski definition) is 4. The fourth-order valence-corrected chi connectivity index (χ4v) is 2.69. The van der Waals surface area contributed by atoms with Crippen molar-refractivity contribution in [3.05, 3.63) is 23.9 Å². The average molecular weight is 447 g/mol. The molecule has 0 spiro atoms. The summed E-state index contributed by atoms with van der Waals surface area (Å²) in [4.78, 5) is 11.2. The number of methoxy groups -OCH3 is 1. The molecule has 2 N–H and O–H groups in total. The lowest BCUT2D eigenvalue weighted by molar-refractivity contribution is 0.203. The highest BCUT2D eigenvalue weighted by atomic mass is 127. The second-order valence-electron chi connectivity index (χ2n) is 5.77. The normalized spacial score (nSPS) is 15.4. The summed E-state index contributed by atoms with van der Waals surface area (Å²) in [5.74, 6) is 1.87. The fourth-order valence-electron chi connectivity index (χ4n) is 2.69.